The van der Waals surface area contributed by atoms with Crippen LogP contribution in [0.1, 0.15) is 32.1 Å². The Hall–Kier alpha value is 1.13. The zero-order valence-corrected chi connectivity index (χ0v) is 7.14. The van der Waals surface area contributed by atoms with Crippen molar-refractivity contribution in [1.82, 2.24) is 0 Å². The third-order valence-corrected chi connectivity index (χ3v) is 2.36. The van der Waals surface area contributed by atoms with Crippen molar-refractivity contribution in [2.45, 2.75) is 38.2 Å². The van der Waals surface area contributed by atoms with Crippen molar-refractivity contribution in [3.05, 3.63) is 0 Å². The van der Waals surface area contributed by atoms with Gasteiger partial charge in [-0.15, -0.1) is 0 Å². The van der Waals surface area contributed by atoms with Crippen LogP contribution in [0.2, 0.25) is 0 Å². The predicted molar refractivity (Wildman–Crippen MR) is 49.6 cm³/mol. The van der Waals surface area contributed by atoms with E-state index in [1.54, 1.807) is 0 Å². The summed E-state index contributed by atoms with van der Waals surface area (Å²) in [5.41, 5.74) is 0. The average molecular weight is 221 g/mol. The Kier molecular flexibility index (Phi) is 6.32. The second-order valence-electron chi connectivity index (χ2n) is 2.85. The summed E-state index contributed by atoms with van der Waals surface area (Å²) in [7, 11) is -3.72. The molecule has 1 aliphatic carbocycles. The molecule has 1 rings (SSSR count). The molecule has 70 valence electrons. The number of hydrogen-bond donors (Lipinski definition) is 1. The van der Waals surface area contributed by atoms with Crippen molar-refractivity contribution in [2.24, 2.45) is 5.14 Å². The Morgan fingerprint density at radius 2 is 1.67 bits per heavy atom. The topological polar surface area (TPSA) is 69.4 Å². The van der Waals surface area contributed by atoms with Gasteiger partial charge in [0.25, 0.3) is 0 Å². The van der Waals surface area contributed by atoms with Crippen molar-refractivity contribution in [1.29, 1.82) is 0 Å². The van der Waals surface area contributed by atoms with Crippen molar-refractivity contribution in [2.75, 3.05) is 0 Å². The summed E-state index contributed by atoms with van der Waals surface area (Å²) >= 11 is 0. The van der Waals surface area contributed by atoms with Gasteiger partial charge in [-0.2, -0.15) is 8.42 Å². The van der Waals surface area contributed by atoms with Gasteiger partial charge in [0.1, 0.15) is 0 Å². The Morgan fingerprint density at radius 1 is 1.17 bits per heavy atom. The molecule has 0 atom stereocenters. The summed E-state index contributed by atoms with van der Waals surface area (Å²) in [4.78, 5) is 0. The van der Waals surface area contributed by atoms with E-state index in [4.69, 9.17) is 5.14 Å². The van der Waals surface area contributed by atoms with E-state index in [1.807, 2.05) is 0 Å². The van der Waals surface area contributed by atoms with Gasteiger partial charge >= 0.3 is 48.0 Å². The molecule has 0 aromatic heterocycles. The minimum atomic E-state index is -3.72. The summed E-state index contributed by atoms with van der Waals surface area (Å²) in [5.74, 6) is 0. The second kappa shape index (κ2) is 5.78. The molecule has 2 N–H and O–H groups in total. The van der Waals surface area contributed by atoms with E-state index in [9.17, 15) is 8.42 Å². The molecular weight excluding hydrogens is 206 g/mol. The molecule has 0 saturated heterocycles. The fraction of sp³-hybridized carbons (Fsp3) is 1.00. The van der Waals surface area contributed by atoms with Crippen LogP contribution in [-0.4, -0.2) is 52.3 Å². The molecule has 12 heavy (non-hydrogen) atoms. The zero-order chi connectivity index (χ0) is 8.32. The van der Waals surface area contributed by atoms with Crippen LogP contribution in [0, 0.1) is 0 Å². The van der Waals surface area contributed by atoms with E-state index in [0.717, 1.165) is 25.7 Å². The van der Waals surface area contributed by atoms with Crippen LogP contribution in [0.5, 0.6) is 0 Å². The predicted octanol–water partition coefficient (Wildman–Crippen LogP) is -0.377. The number of rotatable bonds is 2. The number of nitrogens with two attached hydrogens (primary N) is 1. The van der Waals surface area contributed by atoms with E-state index in [-0.39, 0.29) is 43.8 Å². The second-order valence-corrected chi connectivity index (χ2v) is 4.03. The summed E-state index contributed by atoms with van der Waals surface area (Å²) in [6.45, 7) is 0. The molecule has 0 amide bonds. The first-order valence-corrected chi connectivity index (χ1v) is 5.26. The van der Waals surface area contributed by atoms with Crippen LogP contribution in [-0.2, 0) is 14.5 Å². The Morgan fingerprint density at radius 3 is 2.08 bits per heavy atom. The summed E-state index contributed by atoms with van der Waals surface area (Å²) in [6, 6.07) is 0. The molecular formula is C6H15CaNO3S. The van der Waals surface area contributed by atoms with Gasteiger partial charge in [0.15, 0.2) is 0 Å². The molecule has 0 bridgehead atoms. The molecule has 0 unspecified atom stereocenters. The molecule has 0 aromatic carbocycles. The molecule has 0 aromatic rings. The summed E-state index contributed by atoms with van der Waals surface area (Å²) < 4.78 is 25.5. The molecule has 1 fully saturated rings. The van der Waals surface area contributed by atoms with Gasteiger partial charge in [-0.1, -0.05) is 19.3 Å². The van der Waals surface area contributed by atoms with Crippen LogP contribution in [0.25, 0.3) is 0 Å². The standard InChI is InChI=1S/C6H13NO3S.Ca.2H/c7-11(8,9)10-6-4-2-1-3-5-6;;;/h6H,1-5H2,(H2,7,8,9);;;. The first kappa shape index (κ1) is 13.1. The molecule has 0 radical (unpaired) electrons. The SMILES string of the molecule is NS(=O)(=O)OC1CCCCC1.[CaH2]. The first-order valence-electron chi connectivity index (χ1n) is 3.79. The first-order chi connectivity index (χ1) is 5.08. The molecule has 6 heteroatoms. The molecule has 0 spiro atoms. The van der Waals surface area contributed by atoms with E-state index in [1.165, 1.54) is 6.42 Å². The summed E-state index contributed by atoms with van der Waals surface area (Å²) in [6.07, 6.45) is 4.72. The van der Waals surface area contributed by atoms with E-state index < -0.39 is 10.3 Å². The molecule has 1 saturated carbocycles. The maximum atomic E-state index is 10.5. The zero-order valence-electron chi connectivity index (χ0n) is 6.32. The molecule has 0 heterocycles. The van der Waals surface area contributed by atoms with Gasteiger partial charge in [-0.05, 0) is 12.8 Å². The van der Waals surface area contributed by atoms with Crippen molar-refractivity contribution >= 4 is 48.0 Å². The third-order valence-electron chi connectivity index (χ3n) is 1.82. The van der Waals surface area contributed by atoms with Gasteiger partial charge < -0.3 is 0 Å². The minimum absolute atomic E-state index is 0. The van der Waals surface area contributed by atoms with Gasteiger partial charge in [0.05, 0.1) is 6.10 Å². The summed E-state index contributed by atoms with van der Waals surface area (Å²) in [5, 5.41) is 4.72. The van der Waals surface area contributed by atoms with Crippen LogP contribution in [0.15, 0.2) is 0 Å². The quantitative estimate of drug-likeness (QED) is 0.646. The monoisotopic (exact) mass is 221 g/mol. The maximum absolute atomic E-state index is 10.5. The Bertz CT molecular complexity index is 211. The fourth-order valence-corrected chi connectivity index (χ4v) is 1.92. The van der Waals surface area contributed by atoms with Gasteiger partial charge in [0, 0.05) is 0 Å². The van der Waals surface area contributed by atoms with Gasteiger partial charge in [-0.3, -0.25) is 4.18 Å². The Labute approximate surface area is 103 Å². The third kappa shape index (κ3) is 5.72. The van der Waals surface area contributed by atoms with Crippen molar-refractivity contribution in [3.8, 4) is 0 Å². The van der Waals surface area contributed by atoms with Crippen molar-refractivity contribution in [3.63, 3.8) is 0 Å². The Balaban J connectivity index is 0.00000121. The van der Waals surface area contributed by atoms with Crippen molar-refractivity contribution < 1.29 is 12.6 Å². The number of hydrogen-bond acceptors (Lipinski definition) is 3. The molecule has 4 nitrogen and oxygen atoms in total. The van der Waals surface area contributed by atoms with Crippen LogP contribution in [0.4, 0.5) is 0 Å². The molecule has 0 aliphatic heterocycles. The van der Waals surface area contributed by atoms with Crippen LogP contribution >= 0.6 is 0 Å². The van der Waals surface area contributed by atoms with Gasteiger partial charge in [0.2, 0.25) is 0 Å². The average Bonchev–Trinajstić information content (AvgIpc) is 1.85. The fourth-order valence-electron chi connectivity index (χ4n) is 1.35. The van der Waals surface area contributed by atoms with E-state index in [0.29, 0.717) is 0 Å². The van der Waals surface area contributed by atoms with E-state index >= 15 is 0 Å². The molecule has 1 aliphatic rings. The van der Waals surface area contributed by atoms with Crippen LogP contribution in [0.3, 0.4) is 0 Å². The normalized spacial score (nSPS) is 20.1. The van der Waals surface area contributed by atoms with Gasteiger partial charge in [-0.25, -0.2) is 5.14 Å². The van der Waals surface area contributed by atoms with E-state index in [2.05, 4.69) is 4.18 Å². The van der Waals surface area contributed by atoms with Crippen LogP contribution < -0.4 is 5.14 Å².